The van der Waals surface area contributed by atoms with Crippen molar-refractivity contribution >= 4 is 17.5 Å². The van der Waals surface area contributed by atoms with Crippen LogP contribution in [0.3, 0.4) is 0 Å². The summed E-state index contributed by atoms with van der Waals surface area (Å²) in [4.78, 5) is 31.4. The van der Waals surface area contributed by atoms with Crippen molar-refractivity contribution in [3.63, 3.8) is 0 Å². The molecule has 8 heteroatoms. The zero-order chi connectivity index (χ0) is 21.3. The van der Waals surface area contributed by atoms with Crippen molar-refractivity contribution in [2.45, 2.75) is 32.9 Å². The first-order chi connectivity index (χ1) is 14.4. The number of benzene rings is 1. The van der Waals surface area contributed by atoms with Crippen molar-refractivity contribution < 1.29 is 14.7 Å². The van der Waals surface area contributed by atoms with Crippen LogP contribution in [-0.4, -0.2) is 55.6 Å². The molecule has 2 N–H and O–H groups in total. The van der Waals surface area contributed by atoms with E-state index in [-0.39, 0.29) is 18.4 Å². The summed E-state index contributed by atoms with van der Waals surface area (Å²) in [5.74, 6) is -1.10. The van der Waals surface area contributed by atoms with E-state index in [4.69, 9.17) is 0 Å². The molecule has 4 rings (SSSR count). The van der Waals surface area contributed by atoms with Crippen LogP contribution in [-0.2, 0) is 11.3 Å². The van der Waals surface area contributed by atoms with Gasteiger partial charge in [-0.15, -0.1) is 0 Å². The van der Waals surface area contributed by atoms with Crippen molar-refractivity contribution in [1.29, 1.82) is 0 Å². The van der Waals surface area contributed by atoms with Crippen LogP contribution in [0.15, 0.2) is 42.9 Å². The summed E-state index contributed by atoms with van der Waals surface area (Å²) in [7, 11) is 0. The third kappa shape index (κ3) is 4.04. The molecule has 2 atom stereocenters. The van der Waals surface area contributed by atoms with Crippen LogP contribution in [0.4, 0.5) is 0 Å². The van der Waals surface area contributed by atoms with E-state index < -0.39 is 12.0 Å². The van der Waals surface area contributed by atoms with Crippen LogP contribution in [0.25, 0.3) is 5.65 Å². The number of hydrogen-bond acceptors (Lipinski definition) is 5. The van der Waals surface area contributed by atoms with Crippen molar-refractivity contribution in [1.82, 2.24) is 24.8 Å². The Balaban J connectivity index is 1.42. The highest BCUT2D eigenvalue weighted by Gasteiger charge is 2.35. The van der Waals surface area contributed by atoms with Crippen LogP contribution in [0.5, 0.6) is 0 Å². The molecule has 0 radical (unpaired) electrons. The lowest BCUT2D eigenvalue weighted by Crippen LogP contribution is -2.51. The number of piperidine rings is 1. The predicted molar refractivity (Wildman–Crippen MR) is 111 cm³/mol. The average molecular weight is 407 g/mol. The molecule has 3 aromatic rings. The fraction of sp³-hybridized carbons (Fsp3) is 0.364. The number of nitrogens with zero attached hydrogens (tertiary/aromatic N) is 4. The molecule has 1 aliphatic rings. The summed E-state index contributed by atoms with van der Waals surface area (Å²) in [5.41, 5.74) is 4.50. The zero-order valence-corrected chi connectivity index (χ0v) is 17.1. The minimum atomic E-state index is -0.772. The summed E-state index contributed by atoms with van der Waals surface area (Å²) in [6.45, 7) is 5.04. The van der Waals surface area contributed by atoms with Gasteiger partial charge in [0, 0.05) is 25.8 Å². The van der Waals surface area contributed by atoms with Gasteiger partial charge in [-0.05, 0) is 49.1 Å². The molecule has 0 unspecified atom stereocenters. The highest BCUT2D eigenvalue weighted by Crippen LogP contribution is 2.20. The number of pyridine rings is 1. The van der Waals surface area contributed by atoms with Gasteiger partial charge in [0.15, 0.2) is 5.65 Å². The first kappa shape index (κ1) is 20.0. The molecule has 2 aromatic heterocycles. The Morgan fingerprint density at radius 1 is 1.20 bits per heavy atom. The molecule has 3 heterocycles. The molecule has 0 bridgehead atoms. The van der Waals surface area contributed by atoms with E-state index in [1.807, 2.05) is 32.0 Å². The van der Waals surface area contributed by atoms with Crippen molar-refractivity contribution in [2.75, 3.05) is 13.1 Å². The Kier molecular flexibility index (Phi) is 5.50. The molecule has 30 heavy (non-hydrogen) atoms. The van der Waals surface area contributed by atoms with Gasteiger partial charge >= 0.3 is 0 Å². The lowest BCUT2D eigenvalue weighted by Gasteiger charge is -2.35. The van der Waals surface area contributed by atoms with Crippen LogP contribution in [0, 0.1) is 19.8 Å². The number of likely N-dealkylation sites (tertiary alicyclic amines) is 1. The summed E-state index contributed by atoms with van der Waals surface area (Å²) in [6.07, 6.45) is 2.65. The van der Waals surface area contributed by atoms with Crippen molar-refractivity contribution in [2.24, 2.45) is 5.92 Å². The Bertz CT molecular complexity index is 1090. The van der Waals surface area contributed by atoms with E-state index in [9.17, 15) is 14.7 Å². The average Bonchev–Trinajstić information content (AvgIpc) is 3.22. The fourth-order valence-corrected chi connectivity index (χ4v) is 3.74. The second-order valence-corrected chi connectivity index (χ2v) is 7.83. The smallest absolute Gasteiger partial charge is 0.255 e. The first-order valence-corrected chi connectivity index (χ1v) is 10.0. The maximum Gasteiger partial charge on any atom is 0.255 e. The molecule has 0 aliphatic carbocycles. The fourth-order valence-electron chi connectivity index (χ4n) is 3.74. The van der Waals surface area contributed by atoms with Gasteiger partial charge in [0.05, 0.1) is 17.6 Å². The molecule has 0 saturated carbocycles. The van der Waals surface area contributed by atoms with Gasteiger partial charge in [-0.2, -0.15) is 5.10 Å². The summed E-state index contributed by atoms with van der Waals surface area (Å²) < 4.78 is 1.54. The number of aliphatic hydroxyl groups excluding tert-OH is 1. The van der Waals surface area contributed by atoms with Gasteiger partial charge < -0.3 is 15.3 Å². The predicted octanol–water partition coefficient (Wildman–Crippen LogP) is 1.49. The van der Waals surface area contributed by atoms with Crippen LogP contribution in [0.2, 0.25) is 0 Å². The Morgan fingerprint density at radius 2 is 2.03 bits per heavy atom. The van der Waals surface area contributed by atoms with Gasteiger partial charge in [0.25, 0.3) is 5.91 Å². The van der Waals surface area contributed by atoms with Gasteiger partial charge in [0.2, 0.25) is 5.91 Å². The van der Waals surface area contributed by atoms with Gasteiger partial charge in [-0.25, -0.2) is 9.50 Å². The summed E-state index contributed by atoms with van der Waals surface area (Å²) in [6, 6.07) is 9.48. The van der Waals surface area contributed by atoms with E-state index >= 15 is 0 Å². The minimum Gasteiger partial charge on any atom is -0.392 e. The molecular formula is C22H25N5O3. The standard InChI is InChI=1S/C22H25N5O3/c1-14-3-4-16(9-15(14)2)10-23-21(29)18-12-26(8-7-19(18)28)22(30)17-5-6-20-24-13-25-27(20)11-17/h3-6,9,11,13,18-19,28H,7-8,10,12H2,1-2H3,(H,23,29)/t18-,19+/m0/s1. The number of aromatic nitrogens is 3. The minimum absolute atomic E-state index is 0.175. The molecule has 1 fully saturated rings. The summed E-state index contributed by atoms with van der Waals surface area (Å²) in [5, 5.41) is 17.3. The van der Waals surface area contributed by atoms with E-state index in [0.29, 0.717) is 30.7 Å². The van der Waals surface area contributed by atoms with Crippen molar-refractivity contribution in [3.05, 3.63) is 65.1 Å². The summed E-state index contributed by atoms with van der Waals surface area (Å²) >= 11 is 0. The Labute approximate surface area is 174 Å². The topological polar surface area (TPSA) is 99.8 Å². The molecular weight excluding hydrogens is 382 g/mol. The van der Waals surface area contributed by atoms with Crippen molar-refractivity contribution in [3.8, 4) is 0 Å². The molecule has 8 nitrogen and oxygen atoms in total. The van der Waals surface area contributed by atoms with Crippen LogP contribution >= 0.6 is 0 Å². The number of rotatable bonds is 4. The maximum atomic E-state index is 12.9. The molecule has 1 saturated heterocycles. The third-order valence-corrected chi connectivity index (χ3v) is 5.76. The third-order valence-electron chi connectivity index (χ3n) is 5.76. The first-order valence-electron chi connectivity index (χ1n) is 10.0. The Hall–Kier alpha value is -3.26. The number of amides is 2. The number of fused-ring (bicyclic) bond motifs is 1. The molecule has 2 amide bonds. The largest absolute Gasteiger partial charge is 0.392 e. The van der Waals surface area contributed by atoms with E-state index in [1.54, 1.807) is 27.7 Å². The van der Waals surface area contributed by atoms with E-state index in [0.717, 1.165) is 5.56 Å². The van der Waals surface area contributed by atoms with Gasteiger partial charge in [0.1, 0.15) is 6.33 Å². The molecule has 1 aliphatic heterocycles. The van der Waals surface area contributed by atoms with Crippen LogP contribution < -0.4 is 5.32 Å². The van der Waals surface area contributed by atoms with Gasteiger partial charge in [-0.3, -0.25) is 9.59 Å². The second kappa shape index (κ2) is 8.23. The highest BCUT2D eigenvalue weighted by atomic mass is 16.3. The van der Waals surface area contributed by atoms with E-state index in [2.05, 4.69) is 15.4 Å². The SMILES string of the molecule is Cc1ccc(CNC(=O)[C@H]2CN(C(=O)c3ccc4ncnn4c3)CC[C@H]2O)cc1C. The lowest BCUT2D eigenvalue weighted by molar-refractivity contribution is -0.131. The number of hydrogen-bond donors (Lipinski definition) is 2. The number of nitrogens with one attached hydrogen (secondary N) is 1. The van der Waals surface area contributed by atoms with Gasteiger partial charge in [-0.1, -0.05) is 18.2 Å². The van der Waals surface area contributed by atoms with Crippen LogP contribution in [0.1, 0.15) is 33.5 Å². The normalized spacial score (nSPS) is 19.1. The number of carbonyl (C=O) groups is 2. The molecule has 156 valence electrons. The Morgan fingerprint density at radius 3 is 2.83 bits per heavy atom. The number of aliphatic hydroxyl groups is 1. The molecule has 0 spiro atoms. The second-order valence-electron chi connectivity index (χ2n) is 7.83. The monoisotopic (exact) mass is 407 g/mol. The zero-order valence-electron chi connectivity index (χ0n) is 17.1. The highest BCUT2D eigenvalue weighted by molar-refractivity contribution is 5.94. The van der Waals surface area contributed by atoms with E-state index in [1.165, 1.54) is 17.5 Å². The quantitative estimate of drug-likeness (QED) is 0.683. The number of aryl methyl sites for hydroxylation is 2. The lowest BCUT2D eigenvalue weighted by atomic mass is 9.93. The maximum absolute atomic E-state index is 12.9. The molecule has 1 aromatic carbocycles. The number of carbonyl (C=O) groups excluding carboxylic acids is 2.